The highest BCUT2D eigenvalue weighted by Gasteiger charge is 2.54. The zero-order chi connectivity index (χ0) is 18.0. The number of fused-ring (bicyclic) bond motifs is 2. The highest BCUT2D eigenvalue weighted by molar-refractivity contribution is 5.78. The summed E-state index contributed by atoms with van der Waals surface area (Å²) in [6.45, 7) is 16.4. The van der Waals surface area contributed by atoms with Gasteiger partial charge < -0.3 is 4.74 Å². The topological polar surface area (TPSA) is 9.23 Å². The summed E-state index contributed by atoms with van der Waals surface area (Å²) in [6.07, 6.45) is 13.1. The van der Waals surface area contributed by atoms with E-state index in [1.165, 1.54) is 22.3 Å². The first-order valence-corrected chi connectivity index (χ1v) is 8.83. The highest BCUT2D eigenvalue weighted by Crippen LogP contribution is 2.59. The van der Waals surface area contributed by atoms with Crippen molar-refractivity contribution in [2.75, 3.05) is 0 Å². The Labute approximate surface area is 151 Å². The third kappa shape index (κ3) is 2.46. The molecule has 0 aromatic heterocycles. The SMILES string of the molecule is C=CC=C1/C(=C\C)OC(C=C)C(/C=C\C)C12CC(=C)c1ccccc12. The molecule has 0 saturated carbocycles. The zero-order valence-corrected chi connectivity index (χ0v) is 15.2. The van der Waals surface area contributed by atoms with Crippen LogP contribution in [-0.2, 0) is 10.2 Å². The van der Waals surface area contributed by atoms with Crippen LogP contribution in [0.25, 0.3) is 5.57 Å². The van der Waals surface area contributed by atoms with E-state index in [4.69, 9.17) is 4.74 Å². The van der Waals surface area contributed by atoms with Crippen LogP contribution in [-0.4, -0.2) is 6.10 Å². The van der Waals surface area contributed by atoms with Crippen LogP contribution in [0.4, 0.5) is 0 Å². The molecule has 1 nitrogen and oxygen atoms in total. The molecule has 3 unspecified atom stereocenters. The van der Waals surface area contributed by atoms with Gasteiger partial charge in [0.2, 0.25) is 0 Å². The molecule has 25 heavy (non-hydrogen) atoms. The Balaban J connectivity index is 2.37. The molecule has 3 atom stereocenters. The van der Waals surface area contributed by atoms with Crippen molar-refractivity contribution in [3.05, 3.63) is 103 Å². The molecule has 128 valence electrons. The molecule has 0 bridgehead atoms. The fourth-order valence-electron chi connectivity index (χ4n) is 4.46. The van der Waals surface area contributed by atoms with Crippen molar-refractivity contribution in [3.63, 3.8) is 0 Å². The van der Waals surface area contributed by atoms with Crippen molar-refractivity contribution in [1.29, 1.82) is 0 Å². The number of allylic oxidation sites excluding steroid dienone is 6. The van der Waals surface area contributed by atoms with Gasteiger partial charge in [0.05, 0.1) is 0 Å². The van der Waals surface area contributed by atoms with Gasteiger partial charge in [-0.3, -0.25) is 0 Å². The third-order valence-corrected chi connectivity index (χ3v) is 5.39. The average Bonchev–Trinajstić information content (AvgIpc) is 2.93. The van der Waals surface area contributed by atoms with Gasteiger partial charge in [-0.15, -0.1) is 0 Å². The number of ether oxygens (including phenoxy) is 1. The summed E-state index contributed by atoms with van der Waals surface area (Å²) < 4.78 is 6.30. The Morgan fingerprint density at radius 3 is 2.60 bits per heavy atom. The van der Waals surface area contributed by atoms with E-state index in [1.54, 1.807) is 0 Å². The van der Waals surface area contributed by atoms with Crippen LogP contribution < -0.4 is 0 Å². The van der Waals surface area contributed by atoms with E-state index >= 15 is 0 Å². The first kappa shape index (κ1) is 17.3. The molecule has 1 aromatic carbocycles. The molecular weight excluding hydrogens is 304 g/mol. The second kappa shape index (κ2) is 6.76. The first-order valence-electron chi connectivity index (χ1n) is 8.83. The Kier molecular flexibility index (Phi) is 4.67. The second-order valence-corrected chi connectivity index (χ2v) is 6.64. The van der Waals surface area contributed by atoms with E-state index in [0.717, 1.165) is 12.2 Å². The fraction of sp³-hybridized carbons (Fsp3) is 0.250. The molecule has 1 heteroatoms. The molecule has 1 fully saturated rings. The lowest BCUT2D eigenvalue weighted by Gasteiger charge is -2.47. The van der Waals surface area contributed by atoms with Gasteiger partial charge >= 0.3 is 0 Å². The molecule has 1 aliphatic heterocycles. The number of rotatable bonds is 3. The summed E-state index contributed by atoms with van der Waals surface area (Å²) in [5.41, 5.74) is 4.74. The molecular formula is C24H26O. The van der Waals surface area contributed by atoms with Crippen LogP contribution in [0.2, 0.25) is 0 Å². The standard InChI is InChI=1S/C24H26O/c1-6-12-20-22(8-3)25-23(9-4)21(13-7-2)24(20)16-17(5)18-14-10-11-15-19(18)24/h6-15,21,23H,1,4-5,16H2,2-3H3/b13-7-,20-12?,22-8+. The van der Waals surface area contributed by atoms with E-state index in [-0.39, 0.29) is 17.4 Å². The van der Waals surface area contributed by atoms with Gasteiger partial charge in [0.15, 0.2) is 0 Å². The zero-order valence-electron chi connectivity index (χ0n) is 15.2. The summed E-state index contributed by atoms with van der Waals surface area (Å²) in [6, 6.07) is 8.62. The van der Waals surface area contributed by atoms with Gasteiger partial charge in [-0.05, 0) is 43.0 Å². The van der Waals surface area contributed by atoms with Crippen molar-refractivity contribution in [1.82, 2.24) is 0 Å². The normalized spacial score (nSPS) is 31.5. The van der Waals surface area contributed by atoms with Crippen LogP contribution in [0.15, 0.2) is 91.8 Å². The smallest absolute Gasteiger partial charge is 0.124 e. The van der Waals surface area contributed by atoms with Gasteiger partial charge in [-0.1, -0.05) is 74.4 Å². The van der Waals surface area contributed by atoms with Crippen LogP contribution in [0.3, 0.4) is 0 Å². The molecule has 1 aliphatic carbocycles. The van der Waals surface area contributed by atoms with Gasteiger partial charge in [0.25, 0.3) is 0 Å². The number of hydrogen-bond acceptors (Lipinski definition) is 1. The van der Waals surface area contributed by atoms with E-state index in [0.29, 0.717) is 0 Å². The molecule has 1 spiro atoms. The van der Waals surface area contributed by atoms with Gasteiger partial charge in [0.1, 0.15) is 11.9 Å². The molecule has 1 aromatic rings. The summed E-state index contributed by atoms with van der Waals surface area (Å²) >= 11 is 0. The second-order valence-electron chi connectivity index (χ2n) is 6.64. The van der Waals surface area contributed by atoms with Crippen molar-refractivity contribution < 1.29 is 4.74 Å². The largest absolute Gasteiger partial charge is 0.486 e. The molecule has 3 rings (SSSR count). The van der Waals surface area contributed by atoms with Crippen molar-refractivity contribution >= 4 is 5.57 Å². The lowest BCUT2D eigenvalue weighted by Crippen LogP contribution is -2.46. The predicted octanol–water partition coefficient (Wildman–Crippen LogP) is 6.13. The third-order valence-electron chi connectivity index (χ3n) is 5.39. The minimum Gasteiger partial charge on any atom is -0.486 e. The monoisotopic (exact) mass is 330 g/mol. The number of benzene rings is 1. The van der Waals surface area contributed by atoms with E-state index in [9.17, 15) is 0 Å². The summed E-state index contributed by atoms with van der Waals surface area (Å²) in [5, 5.41) is 0. The first-order chi connectivity index (χ1) is 12.1. The Hall–Kier alpha value is -2.54. The van der Waals surface area contributed by atoms with Crippen LogP contribution in [0, 0.1) is 5.92 Å². The molecule has 1 heterocycles. The van der Waals surface area contributed by atoms with Gasteiger partial charge in [-0.25, -0.2) is 0 Å². The quantitative estimate of drug-likeness (QED) is 0.605. The molecule has 1 saturated heterocycles. The summed E-state index contributed by atoms with van der Waals surface area (Å²) in [4.78, 5) is 0. The van der Waals surface area contributed by atoms with Crippen LogP contribution >= 0.6 is 0 Å². The number of hydrogen-bond donors (Lipinski definition) is 0. The fourth-order valence-corrected chi connectivity index (χ4v) is 4.46. The van der Waals surface area contributed by atoms with Gasteiger partial charge in [-0.2, -0.15) is 0 Å². The predicted molar refractivity (Wildman–Crippen MR) is 107 cm³/mol. The Morgan fingerprint density at radius 2 is 1.96 bits per heavy atom. The lowest BCUT2D eigenvalue weighted by molar-refractivity contribution is 0.0611. The average molecular weight is 330 g/mol. The summed E-state index contributed by atoms with van der Waals surface area (Å²) in [7, 11) is 0. The maximum Gasteiger partial charge on any atom is 0.124 e. The van der Waals surface area contributed by atoms with Crippen molar-refractivity contribution in [3.8, 4) is 0 Å². The van der Waals surface area contributed by atoms with E-state index in [1.807, 2.05) is 25.2 Å². The molecule has 0 radical (unpaired) electrons. The minimum atomic E-state index is -0.201. The van der Waals surface area contributed by atoms with Crippen molar-refractivity contribution in [2.45, 2.75) is 31.8 Å². The Morgan fingerprint density at radius 1 is 1.20 bits per heavy atom. The highest BCUT2D eigenvalue weighted by atomic mass is 16.5. The van der Waals surface area contributed by atoms with E-state index in [2.05, 4.69) is 69.2 Å². The van der Waals surface area contributed by atoms with Crippen LogP contribution in [0.5, 0.6) is 0 Å². The molecule has 0 N–H and O–H groups in total. The minimum absolute atomic E-state index is 0.0803. The lowest BCUT2D eigenvalue weighted by atomic mass is 9.61. The maximum atomic E-state index is 6.30. The van der Waals surface area contributed by atoms with Gasteiger partial charge in [0, 0.05) is 16.9 Å². The molecule has 0 amide bonds. The maximum absolute atomic E-state index is 6.30. The van der Waals surface area contributed by atoms with Crippen molar-refractivity contribution in [2.24, 2.45) is 5.92 Å². The Bertz CT molecular complexity index is 805. The van der Waals surface area contributed by atoms with E-state index < -0.39 is 0 Å². The molecule has 2 aliphatic rings. The summed E-state index contributed by atoms with van der Waals surface area (Å²) in [5.74, 6) is 1.07. The van der Waals surface area contributed by atoms with Crippen LogP contribution in [0.1, 0.15) is 31.4 Å².